The van der Waals surface area contributed by atoms with E-state index in [0.717, 1.165) is 11.1 Å². The van der Waals surface area contributed by atoms with E-state index in [1.165, 1.54) is 7.11 Å². The molecule has 0 saturated heterocycles. The number of nitrogens with zero attached hydrogens (tertiary/aromatic N) is 1. The minimum atomic E-state index is -0.346. The quantitative estimate of drug-likeness (QED) is 0.635. The number of rotatable bonds is 3. The maximum absolute atomic E-state index is 11.4. The normalized spacial score (nSPS) is 11.4. The van der Waals surface area contributed by atoms with Crippen molar-refractivity contribution < 1.29 is 9.53 Å². The highest BCUT2D eigenvalue weighted by Crippen LogP contribution is 2.30. The largest absolute Gasteiger partial charge is 0.465 e. The Balaban J connectivity index is 2.22. The highest BCUT2D eigenvalue weighted by molar-refractivity contribution is 9.09. The average Bonchev–Trinajstić information content (AvgIpc) is 2.53. The molecule has 0 unspecified atom stereocenters. The van der Waals surface area contributed by atoms with Crippen LogP contribution >= 0.6 is 15.9 Å². The predicted molar refractivity (Wildman–Crippen MR) is 79.7 cm³/mol. The fourth-order valence-electron chi connectivity index (χ4n) is 1.83. The summed E-state index contributed by atoms with van der Waals surface area (Å²) in [5.41, 5.74) is 3.24. The second-order valence-electron chi connectivity index (χ2n) is 4.21. The maximum Gasteiger partial charge on any atom is 0.337 e. The minimum Gasteiger partial charge on any atom is -0.465 e. The van der Waals surface area contributed by atoms with Crippen LogP contribution in [0.15, 0.2) is 48.5 Å². The molecule has 0 aliphatic heterocycles. The van der Waals surface area contributed by atoms with Crippen LogP contribution in [0.1, 0.15) is 31.9 Å². The number of nitriles is 1. The number of carbonyl (C=O) groups is 1. The summed E-state index contributed by atoms with van der Waals surface area (Å²) in [6.07, 6.45) is 0. The van der Waals surface area contributed by atoms with Crippen molar-refractivity contribution >= 4 is 21.9 Å². The first-order valence-electron chi connectivity index (χ1n) is 5.98. The third-order valence-corrected chi connectivity index (χ3v) is 4.01. The van der Waals surface area contributed by atoms with E-state index in [2.05, 4.69) is 26.7 Å². The molecule has 20 heavy (non-hydrogen) atoms. The van der Waals surface area contributed by atoms with Gasteiger partial charge in [-0.05, 0) is 35.4 Å². The zero-order valence-corrected chi connectivity index (χ0v) is 12.4. The summed E-state index contributed by atoms with van der Waals surface area (Å²) in [4.78, 5) is 11.4. The van der Waals surface area contributed by atoms with Crippen LogP contribution in [0.5, 0.6) is 0 Å². The first-order valence-corrected chi connectivity index (χ1v) is 6.89. The molecule has 0 bridgehead atoms. The van der Waals surface area contributed by atoms with E-state index < -0.39 is 0 Å². The Kier molecular flexibility index (Phi) is 4.54. The van der Waals surface area contributed by atoms with Crippen molar-refractivity contribution in [3.05, 3.63) is 70.8 Å². The van der Waals surface area contributed by atoms with E-state index >= 15 is 0 Å². The number of halogens is 1. The van der Waals surface area contributed by atoms with Gasteiger partial charge in [0.25, 0.3) is 0 Å². The number of methoxy groups -OCH3 is 1. The zero-order valence-electron chi connectivity index (χ0n) is 10.8. The monoisotopic (exact) mass is 329 g/mol. The summed E-state index contributed by atoms with van der Waals surface area (Å²) in [5, 5.41) is 8.78. The lowest BCUT2D eigenvalue weighted by Gasteiger charge is -2.11. The van der Waals surface area contributed by atoms with Crippen molar-refractivity contribution in [3.8, 4) is 6.07 Å². The second kappa shape index (κ2) is 6.36. The van der Waals surface area contributed by atoms with Gasteiger partial charge in [-0.1, -0.05) is 40.2 Å². The number of carbonyl (C=O) groups excluding carboxylic acids is 1. The topological polar surface area (TPSA) is 50.1 Å². The Morgan fingerprint density at radius 1 is 1.10 bits per heavy atom. The highest BCUT2D eigenvalue weighted by Gasteiger charge is 2.11. The fourth-order valence-corrected chi connectivity index (χ4v) is 2.44. The summed E-state index contributed by atoms with van der Waals surface area (Å²) < 4.78 is 4.67. The van der Waals surface area contributed by atoms with E-state index in [-0.39, 0.29) is 10.8 Å². The van der Waals surface area contributed by atoms with Crippen molar-refractivity contribution in [1.82, 2.24) is 0 Å². The van der Waals surface area contributed by atoms with Gasteiger partial charge in [-0.3, -0.25) is 0 Å². The Morgan fingerprint density at radius 2 is 1.60 bits per heavy atom. The molecular weight excluding hydrogens is 318 g/mol. The van der Waals surface area contributed by atoms with Gasteiger partial charge in [-0.2, -0.15) is 5.26 Å². The van der Waals surface area contributed by atoms with Crippen LogP contribution in [-0.2, 0) is 4.74 Å². The van der Waals surface area contributed by atoms with Crippen LogP contribution < -0.4 is 0 Å². The maximum atomic E-state index is 11.4. The number of alkyl halides is 1. The van der Waals surface area contributed by atoms with E-state index in [4.69, 9.17) is 5.26 Å². The van der Waals surface area contributed by atoms with E-state index in [9.17, 15) is 4.79 Å². The fraction of sp³-hybridized carbons (Fsp3) is 0.125. The highest BCUT2D eigenvalue weighted by atomic mass is 79.9. The van der Waals surface area contributed by atoms with Crippen molar-refractivity contribution in [2.24, 2.45) is 0 Å². The zero-order chi connectivity index (χ0) is 14.5. The molecule has 0 amide bonds. The molecule has 2 aromatic carbocycles. The summed E-state index contributed by atoms with van der Waals surface area (Å²) in [7, 11) is 1.36. The van der Waals surface area contributed by atoms with Crippen LogP contribution in [0.25, 0.3) is 0 Å². The van der Waals surface area contributed by atoms with Crippen LogP contribution in [0, 0.1) is 11.3 Å². The molecule has 3 nitrogen and oxygen atoms in total. The van der Waals surface area contributed by atoms with Gasteiger partial charge in [0.1, 0.15) is 0 Å². The Hall–Kier alpha value is -2.12. The van der Waals surface area contributed by atoms with Crippen molar-refractivity contribution in [2.75, 3.05) is 7.11 Å². The molecule has 0 saturated carbocycles. The molecule has 0 aromatic heterocycles. The van der Waals surface area contributed by atoms with Gasteiger partial charge in [0.2, 0.25) is 0 Å². The number of esters is 1. The van der Waals surface area contributed by atoms with Gasteiger partial charge < -0.3 is 4.74 Å². The number of ether oxygens (including phenoxy) is 1. The average molecular weight is 330 g/mol. The first kappa shape index (κ1) is 14.3. The minimum absolute atomic E-state index is 0.0157. The third-order valence-electron chi connectivity index (χ3n) is 2.96. The molecule has 100 valence electrons. The number of hydrogen-bond acceptors (Lipinski definition) is 3. The molecule has 0 N–H and O–H groups in total. The van der Waals surface area contributed by atoms with E-state index in [0.29, 0.717) is 11.1 Å². The van der Waals surface area contributed by atoms with Gasteiger partial charge in [0.05, 0.1) is 29.1 Å². The molecule has 2 rings (SSSR count). The summed E-state index contributed by atoms with van der Waals surface area (Å²) in [6.45, 7) is 0. The SMILES string of the molecule is COC(=O)c1ccc([C@@H](Br)c2ccc(C#N)cc2)cc1. The molecule has 0 radical (unpaired) electrons. The molecular formula is C16H12BrNO2. The molecule has 0 heterocycles. The van der Waals surface area contributed by atoms with Crippen LogP contribution in [0.2, 0.25) is 0 Å². The van der Waals surface area contributed by atoms with Gasteiger partial charge >= 0.3 is 5.97 Å². The van der Waals surface area contributed by atoms with E-state index in [1.54, 1.807) is 24.3 Å². The molecule has 0 aliphatic rings. The molecule has 1 atom stereocenters. The van der Waals surface area contributed by atoms with Crippen LogP contribution in [0.3, 0.4) is 0 Å². The van der Waals surface area contributed by atoms with Crippen molar-refractivity contribution in [2.45, 2.75) is 4.83 Å². The molecule has 2 aromatic rings. The Morgan fingerprint density at radius 3 is 2.05 bits per heavy atom. The lowest BCUT2D eigenvalue weighted by molar-refractivity contribution is 0.0600. The van der Waals surface area contributed by atoms with Crippen molar-refractivity contribution in [1.29, 1.82) is 5.26 Å². The number of benzene rings is 2. The smallest absolute Gasteiger partial charge is 0.337 e. The standard InChI is InChI=1S/C16H12BrNO2/c1-20-16(19)14-8-6-13(7-9-14)15(17)12-4-2-11(10-18)3-5-12/h2-9,15H,1H3/t15-/m0/s1. The van der Waals surface area contributed by atoms with Gasteiger partial charge in [0, 0.05) is 0 Å². The predicted octanol–water partition coefficient (Wildman–Crippen LogP) is 3.83. The lowest BCUT2D eigenvalue weighted by atomic mass is 10.0. The number of hydrogen-bond donors (Lipinski definition) is 0. The van der Waals surface area contributed by atoms with Crippen LogP contribution in [-0.4, -0.2) is 13.1 Å². The van der Waals surface area contributed by atoms with Crippen molar-refractivity contribution in [3.63, 3.8) is 0 Å². The van der Waals surface area contributed by atoms with Gasteiger partial charge in [-0.25, -0.2) is 4.79 Å². The first-order chi connectivity index (χ1) is 9.65. The summed E-state index contributed by atoms with van der Waals surface area (Å²) in [5.74, 6) is -0.346. The molecule has 4 heteroatoms. The summed E-state index contributed by atoms with van der Waals surface area (Å²) >= 11 is 3.62. The second-order valence-corrected chi connectivity index (χ2v) is 5.13. The van der Waals surface area contributed by atoms with Crippen LogP contribution in [0.4, 0.5) is 0 Å². The Bertz CT molecular complexity index is 642. The summed E-state index contributed by atoms with van der Waals surface area (Å²) in [6, 6.07) is 16.7. The molecule has 0 aliphatic carbocycles. The third kappa shape index (κ3) is 3.06. The lowest BCUT2D eigenvalue weighted by Crippen LogP contribution is -2.01. The molecule has 0 spiro atoms. The van der Waals surface area contributed by atoms with E-state index in [1.807, 2.05) is 24.3 Å². The Labute approximate surface area is 125 Å². The van der Waals surface area contributed by atoms with Gasteiger partial charge in [0.15, 0.2) is 0 Å². The molecule has 0 fully saturated rings. The van der Waals surface area contributed by atoms with Gasteiger partial charge in [-0.15, -0.1) is 0 Å².